The molecule has 2 nitrogen and oxygen atoms in total. The van der Waals surface area contributed by atoms with Gasteiger partial charge < -0.3 is 9.69 Å². The molecule has 1 rings (SSSR count). The number of hydrogen-bond acceptors (Lipinski definition) is 3. The Morgan fingerprint density at radius 3 is 2.78 bits per heavy atom. The van der Waals surface area contributed by atoms with Crippen molar-refractivity contribution in [2.24, 2.45) is 5.41 Å². The maximum Gasteiger partial charge on any atom is 0.127 e. The second kappa shape index (κ2) is 7.05. The molecule has 0 saturated carbocycles. The molecular formula is C15H25NOS. The Kier molecular flexibility index (Phi) is 6.03. The summed E-state index contributed by atoms with van der Waals surface area (Å²) in [5.74, 6) is 0. The highest BCUT2D eigenvalue weighted by Gasteiger charge is 2.26. The number of aldehydes is 1. The average molecular weight is 267 g/mol. The van der Waals surface area contributed by atoms with Gasteiger partial charge in [0.2, 0.25) is 0 Å². The van der Waals surface area contributed by atoms with Gasteiger partial charge in [0, 0.05) is 22.9 Å². The molecule has 0 saturated heterocycles. The standard InChI is InChI=1S/C15H25NOS/c1-5-8-15(3,12-17)11-16(4)13(2)10-14-7-6-9-18-14/h6-7,9,12-13H,5,8,10-11H2,1-4H3. The lowest BCUT2D eigenvalue weighted by atomic mass is 9.86. The van der Waals surface area contributed by atoms with Crippen LogP contribution in [0.15, 0.2) is 17.5 Å². The second-order valence-corrected chi connectivity index (χ2v) is 6.60. The molecule has 102 valence electrons. The minimum Gasteiger partial charge on any atom is -0.303 e. The summed E-state index contributed by atoms with van der Waals surface area (Å²) in [6, 6.07) is 4.75. The Balaban J connectivity index is 2.52. The lowest BCUT2D eigenvalue weighted by molar-refractivity contribution is -0.116. The molecule has 2 unspecified atom stereocenters. The van der Waals surface area contributed by atoms with Crippen LogP contribution in [0.25, 0.3) is 0 Å². The fraction of sp³-hybridized carbons (Fsp3) is 0.667. The van der Waals surface area contributed by atoms with E-state index >= 15 is 0 Å². The summed E-state index contributed by atoms with van der Waals surface area (Å²) < 4.78 is 0. The number of likely N-dealkylation sites (N-methyl/N-ethyl adjacent to an activating group) is 1. The zero-order valence-electron chi connectivity index (χ0n) is 12.0. The predicted molar refractivity (Wildman–Crippen MR) is 79.2 cm³/mol. The van der Waals surface area contributed by atoms with Crippen molar-refractivity contribution < 1.29 is 4.79 Å². The molecule has 0 aliphatic carbocycles. The highest BCUT2D eigenvalue weighted by Crippen LogP contribution is 2.23. The van der Waals surface area contributed by atoms with Crippen molar-refractivity contribution >= 4 is 17.6 Å². The predicted octanol–water partition coefficient (Wildman–Crippen LogP) is 3.62. The largest absolute Gasteiger partial charge is 0.303 e. The zero-order chi connectivity index (χ0) is 13.6. The lowest BCUT2D eigenvalue weighted by Gasteiger charge is -2.32. The molecule has 1 aromatic heterocycles. The highest BCUT2D eigenvalue weighted by atomic mass is 32.1. The molecule has 2 atom stereocenters. The van der Waals surface area contributed by atoms with Crippen LogP contribution >= 0.6 is 11.3 Å². The average Bonchev–Trinajstić information content (AvgIpc) is 2.82. The van der Waals surface area contributed by atoms with Gasteiger partial charge in [0.05, 0.1) is 0 Å². The third-order valence-electron chi connectivity index (χ3n) is 3.55. The van der Waals surface area contributed by atoms with E-state index in [-0.39, 0.29) is 5.41 Å². The third-order valence-corrected chi connectivity index (χ3v) is 4.44. The SMILES string of the molecule is CCCC(C)(C=O)CN(C)C(C)Cc1cccs1. The van der Waals surface area contributed by atoms with Gasteiger partial charge in [0.1, 0.15) is 6.29 Å². The van der Waals surface area contributed by atoms with Crippen LogP contribution in [-0.4, -0.2) is 30.8 Å². The molecular weight excluding hydrogens is 242 g/mol. The van der Waals surface area contributed by atoms with Gasteiger partial charge in [-0.25, -0.2) is 0 Å². The van der Waals surface area contributed by atoms with Crippen LogP contribution in [0, 0.1) is 5.41 Å². The second-order valence-electron chi connectivity index (χ2n) is 5.57. The highest BCUT2D eigenvalue weighted by molar-refractivity contribution is 7.09. The van der Waals surface area contributed by atoms with Gasteiger partial charge in [-0.15, -0.1) is 11.3 Å². The molecule has 0 bridgehead atoms. The van der Waals surface area contributed by atoms with E-state index in [4.69, 9.17) is 0 Å². The maximum atomic E-state index is 11.3. The molecule has 0 fully saturated rings. The number of rotatable bonds is 8. The number of hydrogen-bond donors (Lipinski definition) is 0. The van der Waals surface area contributed by atoms with Crippen molar-refractivity contribution in [3.63, 3.8) is 0 Å². The van der Waals surface area contributed by atoms with Crippen LogP contribution in [0.1, 0.15) is 38.5 Å². The summed E-state index contributed by atoms with van der Waals surface area (Å²) in [5.41, 5.74) is -0.201. The van der Waals surface area contributed by atoms with Gasteiger partial charge in [-0.2, -0.15) is 0 Å². The first-order valence-corrected chi connectivity index (χ1v) is 7.57. The topological polar surface area (TPSA) is 20.3 Å². The van der Waals surface area contributed by atoms with Crippen molar-refractivity contribution in [3.8, 4) is 0 Å². The molecule has 0 aliphatic rings. The molecule has 1 heterocycles. The molecule has 1 aromatic rings. The monoisotopic (exact) mass is 267 g/mol. The molecule has 0 aromatic carbocycles. The van der Waals surface area contributed by atoms with Crippen LogP contribution in [0.2, 0.25) is 0 Å². The Bertz CT molecular complexity index is 349. The van der Waals surface area contributed by atoms with Gasteiger partial charge in [0.15, 0.2) is 0 Å². The third kappa shape index (κ3) is 4.54. The molecule has 0 N–H and O–H groups in total. The summed E-state index contributed by atoms with van der Waals surface area (Å²) in [7, 11) is 2.12. The number of nitrogens with zero attached hydrogens (tertiary/aromatic N) is 1. The van der Waals surface area contributed by atoms with Crippen molar-refractivity contribution in [3.05, 3.63) is 22.4 Å². The summed E-state index contributed by atoms with van der Waals surface area (Å²) in [5, 5.41) is 2.12. The van der Waals surface area contributed by atoms with Gasteiger partial charge in [-0.05, 0) is 38.3 Å². The summed E-state index contributed by atoms with van der Waals surface area (Å²) in [6.07, 6.45) is 4.22. The van der Waals surface area contributed by atoms with Crippen molar-refractivity contribution in [1.82, 2.24) is 4.90 Å². The van der Waals surface area contributed by atoms with Gasteiger partial charge in [-0.1, -0.05) is 26.3 Å². The summed E-state index contributed by atoms with van der Waals surface area (Å²) >= 11 is 1.81. The first-order valence-electron chi connectivity index (χ1n) is 6.69. The van der Waals surface area contributed by atoms with Crippen molar-refractivity contribution in [1.29, 1.82) is 0 Å². The van der Waals surface area contributed by atoms with Crippen molar-refractivity contribution in [2.75, 3.05) is 13.6 Å². The number of carbonyl (C=O) groups is 1. The van der Waals surface area contributed by atoms with Crippen LogP contribution in [0.3, 0.4) is 0 Å². The Morgan fingerprint density at radius 2 is 2.28 bits per heavy atom. The first kappa shape index (κ1) is 15.4. The first-order chi connectivity index (χ1) is 8.50. The van der Waals surface area contributed by atoms with E-state index in [9.17, 15) is 4.79 Å². The molecule has 0 amide bonds. The van der Waals surface area contributed by atoms with E-state index in [1.807, 2.05) is 0 Å². The molecule has 0 aliphatic heterocycles. The Labute approximate surface area is 115 Å². The van der Waals surface area contributed by atoms with Crippen LogP contribution in [-0.2, 0) is 11.2 Å². The molecule has 3 heteroatoms. The van der Waals surface area contributed by atoms with E-state index in [0.717, 1.165) is 32.1 Å². The quantitative estimate of drug-likeness (QED) is 0.671. The van der Waals surface area contributed by atoms with E-state index in [0.29, 0.717) is 6.04 Å². The van der Waals surface area contributed by atoms with Gasteiger partial charge in [0.25, 0.3) is 0 Å². The van der Waals surface area contributed by atoms with E-state index in [2.05, 4.69) is 50.2 Å². The smallest absolute Gasteiger partial charge is 0.127 e. The van der Waals surface area contributed by atoms with E-state index in [1.165, 1.54) is 4.88 Å². The fourth-order valence-electron chi connectivity index (χ4n) is 2.35. The molecule has 0 radical (unpaired) electrons. The van der Waals surface area contributed by atoms with Gasteiger partial charge in [-0.3, -0.25) is 0 Å². The fourth-order valence-corrected chi connectivity index (χ4v) is 3.17. The maximum absolute atomic E-state index is 11.3. The summed E-state index contributed by atoms with van der Waals surface area (Å²) in [4.78, 5) is 15.0. The van der Waals surface area contributed by atoms with E-state index < -0.39 is 0 Å². The molecule has 18 heavy (non-hydrogen) atoms. The van der Waals surface area contributed by atoms with Crippen LogP contribution in [0.4, 0.5) is 0 Å². The van der Waals surface area contributed by atoms with Crippen molar-refractivity contribution in [2.45, 2.75) is 46.1 Å². The van der Waals surface area contributed by atoms with Crippen LogP contribution < -0.4 is 0 Å². The zero-order valence-corrected chi connectivity index (χ0v) is 12.8. The Morgan fingerprint density at radius 1 is 1.56 bits per heavy atom. The summed E-state index contributed by atoms with van der Waals surface area (Å²) in [6.45, 7) is 7.28. The van der Waals surface area contributed by atoms with E-state index in [1.54, 1.807) is 11.3 Å². The minimum absolute atomic E-state index is 0.201. The number of carbonyl (C=O) groups excluding carboxylic acids is 1. The molecule has 0 spiro atoms. The Hall–Kier alpha value is -0.670. The number of thiophene rings is 1. The minimum atomic E-state index is -0.201. The van der Waals surface area contributed by atoms with Crippen LogP contribution in [0.5, 0.6) is 0 Å². The normalized spacial score (nSPS) is 16.5. The lowest BCUT2D eigenvalue weighted by Crippen LogP contribution is -2.40. The van der Waals surface area contributed by atoms with Gasteiger partial charge >= 0.3 is 0 Å².